The van der Waals surface area contributed by atoms with Crippen LogP contribution in [0.4, 0.5) is 4.79 Å². The zero-order valence-electron chi connectivity index (χ0n) is 19.8. The van der Waals surface area contributed by atoms with Crippen LogP contribution in [0.15, 0.2) is 83.4 Å². The van der Waals surface area contributed by atoms with E-state index in [2.05, 4.69) is 15.5 Å². The Kier molecular flexibility index (Phi) is 6.12. The number of carbonyl (C=O) groups excluding carboxylic acids is 2. The molecule has 0 aliphatic carbocycles. The first kappa shape index (κ1) is 23.1. The summed E-state index contributed by atoms with van der Waals surface area (Å²) in [4.78, 5) is 32.4. The molecule has 5 rings (SSSR count). The van der Waals surface area contributed by atoms with Gasteiger partial charge in [-0.15, -0.1) is 0 Å². The number of methoxy groups -OCH3 is 2. The summed E-state index contributed by atoms with van der Waals surface area (Å²) in [5.41, 5.74) is 0.961. The molecule has 0 radical (unpaired) electrons. The molecule has 1 aliphatic rings. The first-order valence-corrected chi connectivity index (χ1v) is 11.3. The third-order valence-corrected chi connectivity index (χ3v) is 6.17. The number of hydrogen-bond donors (Lipinski definition) is 1. The van der Waals surface area contributed by atoms with Gasteiger partial charge in [-0.2, -0.15) is 4.98 Å². The highest BCUT2D eigenvalue weighted by atomic mass is 16.5. The molecular formula is C27H24N4O5. The predicted octanol–water partition coefficient (Wildman–Crippen LogP) is 3.94. The van der Waals surface area contributed by atoms with E-state index in [1.807, 2.05) is 60.7 Å². The number of ether oxygens (including phenoxy) is 2. The summed E-state index contributed by atoms with van der Waals surface area (Å²) in [7, 11) is 3.09. The van der Waals surface area contributed by atoms with Crippen LogP contribution in [0, 0.1) is 0 Å². The molecule has 0 unspecified atom stereocenters. The minimum Gasteiger partial charge on any atom is -0.497 e. The van der Waals surface area contributed by atoms with Gasteiger partial charge in [0.1, 0.15) is 18.0 Å². The average Bonchev–Trinajstić information content (AvgIpc) is 3.48. The Hall–Kier alpha value is -4.66. The van der Waals surface area contributed by atoms with Gasteiger partial charge in [0, 0.05) is 12.5 Å². The second kappa shape index (κ2) is 9.53. The number of rotatable bonds is 8. The number of imide groups is 1. The molecule has 0 spiro atoms. The molecule has 1 fully saturated rings. The Morgan fingerprint density at radius 1 is 0.944 bits per heavy atom. The minimum absolute atomic E-state index is 0.120. The number of nitrogens with zero attached hydrogens (tertiary/aromatic N) is 3. The molecule has 1 N–H and O–H groups in total. The van der Waals surface area contributed by atoms with E-state index in [0.29, 0.717) is 29.0 Å². The van der Waals surface area contributed by atoms with E-state index in [1.165, 1.54) is 7.11 Å². The monoisotopic (exact) mass is 484 g/mol. The van der Waals surface area contributed by atoms with Gasteiger partial charge < -0.3 is 19.3 Å². The fourth-order valence-electron chi connectivity index (χ4n) is 4.36. The van der Waals surface area contributed by atoms with Crippen LogP contribution < -0.4 is 14.8 Å². The molecule has 9 nitrogen and oxygen atoms in total. The second-order valence-electron chi connectivity index (χ2n) is 8.33. The SMILES string of the molecule is COc1ccc(-c2noc(CN3C(=O)N[C@](Cc4ccccc4)(c4ccccc4)C3=O)n2)c(OC)c1. The largest absolute Gasteiger partial charge is 0.497 e. The summed E-state index contributed by atoms with van der Waals surface area (Å²) in [6.45, 7) is -0.167. The van der Waals surface area contributed by atoms with Crippen molar-refractivity contribution in [1.29, 1.82) is 0 Å². The zero-order valence-corrected chi connectivity index (χ0v) is 19.8. The van der Waals surface area contributed by atoms with E-state index in [-0.39, 0.29) is 24.2 Å². The highest BCUT2D eigenvalue weighted by molar-refractivity contribution is 6.07. The van der Waals surface area contributed by atoms with Crippen molar-refractivity contribution in [2.45, 2.75) is 18.5 Å². The molecule has 3 aromatic carbocycles. The number of carbonyl (C=O) groups is 2. The lowest BCUT2D eigenvalue weighted by Crippen LogP contribution is -2.46. The normalized spacial score (nSPS) is 17.2. The Bertz CT molecular complexity index is 1390. The maximum Gasteiger partial charge on any atom is 0.325 e. The molecule has 3 amide bonds. The molecule has 9 heteroatoms. The van der Waals surface area contributed by atoms with Crippen LogP contribution in [0.25, 0.3) is 11.4 Å². The standard InChI is InChI=1S/C27H24N4O5/c1-34-20-13-14-21(22(15-20)35-2)24-28-23(36-30-24)17-31-25(32)27(29-26(31)33,19-11-7-4-8-12-19)16-18-9-5-3-6-10-18/h3-15H,16-17H2,1-2H3,(H,29,33)/t27-/m1/s1. The topological polar surface area (TPSA) is 107 Å². The molecule has 4 aromatic rings. The van der Waals surface area contributed by atoms with E-state index in [0.717, 1.165) is 10.5 Å². The molecule has 0 saturated carbocycles. The summed E-state index contributed by atoms with van der Waals surface area (Å²) >= 11 is 0. The maximum absolute atomic E-state index is 13.8. The fraction of sp³-hybridized carbons (Fsp3) is 0.185. The van der Waals surface area contributed by atoms with E-state index in [4.69, 9.17) is 14.0 Å². The van der Waals surface area contributed by atoms with E-state index in [9.17, 15) is 9.59 Å². The number of nitrogens with one attached hydrogen (secondary N) is 1. The first-order chi connectivity index (χ1) is 17.5. The molecule has 36 heavy (non-hydrogen) atoms. The van der Waals surface area contributed by atoms with Crippen molar-refractivity contribution in [3.05, 3.63) is 95.9 Å². The van der Waals surface area contributed by atoms with Gasteiger partial charge in [-0.1, -0.05) is 65.8 Å². The Morgan fingerprint density at radius 2 is 1.67 bits per heavy atom. The van der Waals surface area contributed by atoms with Gasteiger partial charge in [0.05, 0.1) is 19.8 Å². The number of urea groups is 1. The van der Waals surface area contributed by atoms with Crippen molar-refractivity contribution in [3.8, 4) is 22.9 Å². The highest BCUT2D eigenvalue weighted by Crippen LogP contribution is 2.35. The number of amides is 3. The van der Waals surface area contributed by atoms with Crippen molar-refractivity contribution in [3.63, 3.8) is 0 Å². The molecular weight excluding hydrogens is 460 g/mol. The summed E-state index contributed by atoms with van der Waals surface area (Å²) in [6.07, 6.45) is 0.303. The molecule has 1 saturated heterocycles. The third kappa shape index (κ3) is 4.15. The predicted molar refractivity (Wildman–Crippen MR) is 130 cm³/mol. The Labute approximate surface area is 207 Å². The second-order valence-corrected chi connectivity index (χ2v) is 8.33. The van der Waals surface area contributed by atoms with Crippen LogP contribution in [-0.4, -0.2) is 41.2 Å². The van der Waals surface area contributed by atoms with Crippen LogP contribution in [0.1, 0.15) is 17.0 Å². The lowest BCUT2D eigenvalue weighted by Gasteiger charge is -2.27. The van der Waals surface area contributed by atoms with Gasteiger partial charge in [-0.25, -0.2) is 4.79 Å². The van der Waals surface area contributed by atoms with E-state index >= 15 is 0 Å². The van der Waals surface area contributed by atoms with Gasteiger partial charge in [-0.05, 0) is 23.3 Å². The smallest absolute Gasteiger partial charge is 0.325 e. The maximum atomic E-state index is 13.8. The van der Waals surface area contributed by atoms with Crippen LogP contribution in [0.5, 0.6) is 11.5 Å². The summed E-state index contributed by atoms with van der Waals surface area (Å²) < 4.78 is 16.1. The number of benzene rings is 3. The van der Waals surface area contributed by atoms with Crippen LogP contribution in [0.2, 0.25) is 0 Å². The van der Waals surface area contributed by atoms with Gasteiger partial charge in [0.25, 0.3) is 5.91 Å². The summed E-state index contributed by atoms with van der Waals surface area (Å²) in [5.74, 6) is 1.13. The molecule has 1 aromatic heterocycles. The fourth-order valence-corrected chi connectivity index (χ4v) is 4.36. The van der Waals surface area contributed by atoms with Gasteiger partial charge in [0.2, 0.25) is 11.7 Å². The highest BCUT2D eigenvalue weighted by Gasteiger charge is 2.52. The van der Waals surface area contributed by atoms with Crippen molar-refractivity contribution < 1.29 is 23.6 Å². The Balaban J connectivity index is 1.44. The quantitative estimate of drug-likeness (QED) is 0.378. The first-order valence-electron chi connectivity index (χ1n) is 11.3. The lowest BCUT2D eigenvalue weighted by atomic mass is 9.83. The van der Waals surface area contributed by atoms with Gasteiger partial charge >= 0.3 is 6.03 Å². The van der Waals surface area contributed by atoms with Crippen molar-refractivity contribution in [2.75, 3.05) is 14.2 Å². The van der Waals surface area contributed by atoms with Crippen molar-refractivity contribution in [1.82, 2.24) is 20.4 Å². The van der Waals surface area contributed by atoms with Gasteiger partial charge in [0.15, 0.2) is 5.54 Å². The van der Waals surface area contributed by atoms with E-state index < -0.39 is 11.6 Å². The Morgan fingerprint density at radius 3 is 2.36 bits per heavy atom. The van der Waals surface area contributed by atoms with Crippen molar-refractivity contribution in [2.24, 2.45) is 0 Å². The third-order valence-electron chi connectivity index (χ3n) is 6.17. The molecule has 1 aliphatic heterocycles. The minimum atomic E-state index is -1.25. The van der Waals surface area contributed by atoms with Crippen molar-refractivity contribution >= 4 is 11.9 Å². The van der Waals surface area contributed by atoms with Crippen LogP contribution in [-0.2, 0) is 23.3 Å². The number of aromatic nitrogens is 2. The van der Waals surface area contributed by atoms with Gasteiger partial charge in [-0.3, -0.25) is 9.69 Å². The zero-order chi connectivity index (χ0) is 25.1. The number of hydrogen-bond acceptors (Lipinski definition) is 7. The van der Waals surface area contributed by atoms with Crippen LogP contribution in [0.3, 0.4) is 0 Å². The average molecular weight is 485 g/mol. The molecule has 0 bridgehead atoms. The summed E-state index contributed by atoms with van der Waals surface area (Å²) in [5, 5.41) is 6.96. The molecule has 2 heterocycles. The lowest BCUT2D eigenvalue weighted by molar-refractivity contribution is -0.132. The van der Waals surface area contributed by atoms with Crippen LogP contribution >= 0.6 is 0 Å². The summed E-state index contributed by atoms with van der Waals surface area (Å²) in [6, 6.07) is 23.5. The molecule has 1 atom stereocenters. The molecule has 182 valence electrons. The van der Waals surface area contributed by atoms with E-state index in [1.54, 1.807) is 25.3 Å².